The van der Waals surface area contributed by atoms with Crippen LogP contribution in [-0.4, -0.2) is 16.5 Å². The number of phenolic OH excluding ortho intramolecular Hbond substituents is 2. The Morgan fingerprint density at radius 3 is 2.15 bits per heavy atom. The summed E-state index contributed by atoms with van der Waals surface area (Å²) in [6.45, 7) is 1.62. The van der Waals surface area contributed by atoms with Gasteiger partial charge in [-0.1, -0.05) is 0 Å². The SMILES string of the molecule is Cc1c(Br)c(O)c(Br)c(O)c1C=O. The third kappa shape index (κ3) is 1.58. The number of aromatic hydroxyl groups is 2. The smallest absolute Gasteiger partial charge is 0.154 e. The third-order valence-electron chi connectivity index (χ3n) is 1.73. The largest absolute Gasteiger partial charge is 0.506 e. The number of benzene rings is 1. The first-order valence-corrected chi connectivity index (χ1v) is 4.94. The van der Waals surface area contributed by atoms with Gasteiger partial charge in [0.1, 0.15) is 16.0 Å². The van der Waals surface area contributed by atoms with Gasteiger partial charge in [0.25, 0.3) is 0 Å². The number of phenols is 2. The van der Waals surface area contributed by atoms with E-state index in [4.69, 9.17) is 0 Å². The lowest BCUT2D eigenvalue weighted by Gasteiger charge is -2.09. The molecule has 13 heavy (non-hydrogen) atoms. The molecule has 70 valence electrons. The minimum atomic E-state index is -0.242. The average molecular weight is 310 g/mol. The van der Waals surface area contributed by atoms with Crippen LogP contribution in [0.1, 0.15) is 15.9 Å². The van der Waals surface area contributed by atoms with Gasteiger partial charge in [0.05, 0.1) is 10.0 Å². The quantitative estimate of drug-likeness (QED) is 0.784. The minimum absolute atomic E-state index is 0.111. The second-order valence-corrected chi connectivity index (χ2v) is 4.07. The van der Waals surface area contributed by atoms with Gasteiger partial charge in [0.2, 0.25) is 0 Å². The minimum Gasteiger partial charge on any atom is -0.506 e. The fraction of sp³-hybridized carbons (Fsp3) is 0.125. The Morgan fingerprint density at radius 1 is 1.15 bits per heavy atom. The van der Waals surface area contributed by atoms with Crippen molar-refractivity contribution in [2.75, 3.05) is 0 Å². The van der Waals surface area contributed by atoms with Crippen molar-refractivity contribution >= 4 is 38.1 Å². The Bertz CT molecular complexity index is 345. The number of aldehydes is 1. The van der Waals surface area contributed by atoms with Gasteiger partial charge in [0, 0.05) is 0 Å². The second kappa shape index (κ2) is 3.67. The molecule has 0 spiro atoms. The lowest BCUT2D eigenvalue weighted by atomic mass is 10.1. The van der Waals surface area contributed by atoms with Crippen LogP contribution in [0, 0.1) is 6.92 Å². The Labute approximate surface area is 91.6 Å². The number of carbonyl (C=O) groups is 1. The zero-order valence-electron chi connectivity index (χ0n) is 6.64. The summed E-state index contributed by atoms with van der Waals surface area (Å²) in [5.74, 6) is -0.353. The van der Waals surface area contributed by atoms with Crippen LogP contribution in [0.25, 0.3) is 0 Å². The molecule has 1 rings (SSSR count). The summed E-state index contributed by atoms with van der Waals surface area (Å²) in [6, 6.07) is 0. The van der Waals surface area contributed by atoms with Crippen LogP contribution in [0.2, 0.25) is 0 Å². The van der Waals surface area contributed by atoms with Gasteiger partial charge in [-0.05, 0) is 44.3 Å². The molecule has 0 aliphatic rings. The van der Waals surface area contributed by atoms with Crippen molar-refractivity contribution in [3.8, 4) is 11.5 Å². The predicted octanol–water partition coefficient (Wildman–Crippen LogP) is 2.74. The molecule has 2 N–H and O–H groups in total. The summed E-state index contributed by atoms with van der Waals surface area (Å²) in [6.07, 6.45) is 0.541. The molecule has 1 aromatic rings. The third-order valence-corrected chi connectivity index (χ3v) is 3.45. The molecule has 0 fully saturated rings. The zero-order valence-corrected chi connectivity index (χ0v) is 9.81. The van der Waals surface area contributed by atoms with Gasteiger partial charge in [-0.2, -0.15) is 0 Å². The molecule has 0 atom stereocenters. The van der Waals surface area contributed by atoms with E-state index >= 15 is 0 Å². The highest BCUT2D eigenvalue weighted by Crippen LogP contribution is 2.43. The van der Waals surface area contributed by atoms with E-state index in [2.05, 4.69) is 31.9 Å². The summed E-state index contributed by atoms with van der Waals surface area (Å²) < 4.78 is 0.520. The van der Waals surface area contributed by atoms with Crippen LogP contribution >= 0.6 is 31.9 Å². The van der Waals surface area contributed by atoms with Crippen molar-refractivity contribution in [3.05, 3.63) is 20.1 Å². The number of hydrogen-bond donors (Lipinski definition) is 2. The molecule has 0 heterocycles. The van der Waals surface area contributed by atoms with E-state index < -0.39 is 0 Å². The van der Waals surface area contributed by atoms with Gasteiger partial charge >= 0.3 is 0 Å². The first-order valence-electron chi connectivity index (χ1n) is 3.35. The molecule has 0 aromatic heterocycles. The molecular weight excluding hydrogens is 304 g/mol. The first kappa shape index (κ1) is 10.5. The fourth-order valence-electron chi connectivity index (χ4n) is 0.944. The molecule has 5 heteroatoms. The van der Waals surface area contributed by atoms with Gasteiger partial charge in [-0.15, -0.1) is 0 Å². The Kier molecular flexibility index (Phi) is 2.98. The molecule has 0 unspecified atom stereocenters. The van der Waals surface area contributed by atoms with Crippen LogP contribution < -0.4 is 0 Å². The van der Waals surface area contributed by atoms with E-state index in [1.54, 1.807) is 6.92 Å². The zero-order chi connectivity index (χ0) is 10.2. The highest BCUT2D eigenvalue weighted by atomic mass is 79.9. The van der Waals surface area contributed by atoms with Gasteiger partial charge in [-0.3, -0.25) is 4.79 Å². The first-order chi connectivity index (χ1) is 6.00. The van der Waals surface area contributed by atoms with E-state index in [-0.39, 0.29) is 21.5 Å². The summed E-state index contributed by atoms with van der Waals surface area (Å²) in [7, 11) is 0. The van der Waals surface area contributed by atoms with Crippen molar-refractivity contribution in [2.45, 2.75) is 6.92 Å². The summed E-state index contributed by atoms with van der Waals surface area (Å²) in [5.41, 5.74) is 0.671. The van der Waals surface area contributed by atoms with Crippen molar-refractivity contribution < 1.29 is 15.0 Å². The normalized spacial score (nSPS) is 10.1. The van der Waals surface area contributed by atoms with E-state index in [0.717, 1.165) is 0 Å². The maximum absolute atomic E-state index is 10.6. The monoisotopic (exact) mass is 308 g/mol. The number of carbonyl (C=O) groups excluding carboxylic acids is 1. The number of rotatable bonds is 1. The fourth-order valence-corrected chi connectivity index (χ4v) is 2.03. The summed E-state index contributed by atoms with van der Waals surface area (Å²) in [4.78, 5) is 10.6. The molecule has 0 radical (unpaired) electrons. The van der Waals surface area contributed by atoms with Gasteiger partial charge in [0.15, 0.2) is 6.29 Å². The lowest BCUT2D eigenvalue weighted by molar-refractivity contribution is 0.112. The topological polar surface area (TPSA) is 57.5 Å². The Morgan fingerprint density at radius 2 is 1.69 bits per heavy atom. The highest BCUT2D eigenvalue weighted by Gasteiger charge is 2.17. The maximum atomic E-state index is 10.6. The van der Waals surface area contributed by atoms with Crippen LogP contribution in [0.15, 0.2) is 8.95 Å². The predicted molar refractivity (Wildman–Crippen MR) is 55.3 cm³/mol. The van der Waals surface area contributed by atoms with Crippen LogP contribution in [0.4, 0.5) is 0 Å². The van der Waals surface area contributed by atoms with Gasteiger partial charge < -0.3 is 10.2 Å². The van der Waals surface area contributed by atoms with Gasteiger partial charge in [-0.25, -0.2) is 0 Å². The molecule has 0 amide bonds. The van der Waals surface area contributed by atoms with Crippen LogP contribution in [0.3, 0.4) is 0 Å². The lowest BCUT2D eigenvalue weighted by Crippen LogP contribution is -1.91. The molecule has 0 saturated heterocycles. The van der Waals surface area contributed by atoms with Crippen molar-refractivity contribution in [1.29, 1.82) is 0 Å². The molecule has 0 aliphatic heterocycles. The van der Waals surface area contributed by atoms with Crippen LogP contribution in [0.5, 0.6) is 11.5 Å². The van der Waals surface area contributed by atoms with E-state index in [1.165, 1.54) is 0 Å². The van der Waals surface area contributed by atoms with Crippen molar-refractivity contribution in [1.82, 2.24) is 0 Å². The van der Waals surface area contributed by atoms with Crippen LogP contribution in [-0.2, 0) is 0 Å². The molecular formula is C8H6Br2O3. The second-order valence-electron chi connectivity index (χ2n) is 2.48. The molecule has 1 aromatic carbocycles. The summed E-state index contributed by atoms with van der Waals surface area (Å²) in [5, 5.41) is 18.8. The number of hydrogen-bond acceptors (Lipinski definition) is 3. The Balaban J connectivity index is 3.66. The molecule has 0 aliphatic carbocycles. The van der Waals surface area contributed by atoms with Crippen molar-refractivity contribution in [2.24, 2.45) is 0 Å². The summed E-state index contributed by atoms with van der Waals surface area (Å²) >= 11 is 6.07. The van der Waals surface area contributed by atoms with E-state index in [1.807, 2.05) is 0 Å². The van der Waals surface area contributed by atoms with E-state index in [9.17, 15) is 15.0 Å². The van der Waals surface area contributed by atoms with E-state index in [0.29, 0.717) is 16.3 Å². The highest BCUT2D eigenvalue weighted by molar-refractivity contribution is 9.11. The van der Waals surface area contributed by atoms with Crippen molar-refractivity contribution in [3.63, 3.8) is 0 Å². The molecule has 0 bridgehead atoms. The molecule has 3 nitrogen and oxygen atoms in total. The molecule has 0 saturated carbocycles. The number of halogens is 2. The maximum Gasteiger partial charge on any atom is 0.154 e. The standard InChI is InChI=1S/C8H6Br2O3/c1-3-4(2-11)7(12)6(10)8(13)5(3)9/h2,12-13H,1H3. The average Bonchev–Trinajstić information content (AvgIpc) is 2.13. The Hall–Kier alpha value is -0.550.